The van der Waals surface area contributed by atoms with Crippen molar-refractivity contribution >= 4 is 33.4 Å². The van der Waals surface area contributed by atoms with Crippen molar-refractivity contribution in [1.82, 2.24) is 15.2 Å². The Kier molecular flexibility index (Phi) is 7.65. The minimum Gasteiger partial charge on any atom is -0.493 e. The van der Waals surface area contributed by atoms with Gasteiger partial charge in [0.1, 0.15) is 4.90 Å². The number of ether oxygens (including phenoxy) is 2. The van der Waals surface area contributed by atoms with E-state index in [9.17, 15) is 18.0 Å². The first-order valence-corrected chi connectivity index (χ1v) is 10.6. The summed E-state index contributed by atoms with van der Waals surface area (Å²) in [7, 11) is 0.301. The van der Waals surface area contributed by atoms with Crippen molar-refractivity contribution in [2.45, 2.75) is 11.8 Å². The molecule has 2 N–H and O–H groups in total. The van der Waals surface area contributed by atoms with Crippen LogP contribution in [0.15, 0.2) is 41.3 Å². The van der Waals surface area contributed by atoms with Crippen LogP contribution in [0.1, 0.15) is 27.6 Å². The number of nitrogens with zero attached hydrogens (tertiary/aromatic N) is 1. The molecule has 0 bridgehead atoms. The highest BCUT2D eigenvalue weighted by Crippen LogP contribution is 2.28. The molecule has 2 amide bonds. The van der Waals surface area contributed by atoms with Crippen LogP contribution in [0.4, 0.5) is 0 Å². The van der Waals surface area contributed by atoms with Crippen LogP contribution in [0.25, 0.3) is 0 Å². The lowest BCUT2D eigenvalue weighted by atomic mass is 10.2. The molecular weight excluding hydrogens is 434 g/mol. The molecule has 0 aliphatic carbocycles. The Bertz CT molecular complexity index is 1060. The second-order valence-corrected chi connectivity index (χ2v) is 8.67. The van der Waals surface area contributed by atoms with E-state index < -0.39 is 21.8 Å². The largest absolute Gasteiger partial charge is 0.493 e. The van der Waals surface area contributed by atoms with Gasteiger partial charge in [-0.1, -0.05) is 11.6 Å². The summed E-state index contributed by atoms with van der Waals surface area (Å²) in [5.41, 5.74) is 4.74. The van der Waals surface area contributed by atoms with Gasteiger partial charge < -0.3 is 9.47 Å². The highest BCUT2D eigenvalue weighted by molar-refractivity contribution is 7.89. The summed E-state index contributed by atoms with van der Waals surface area (Å²) >= 11 is 5.97. The molecule has 0 atom stereocenters. The normalized spacial score (nSPS) is 11.1. The Morgan fingerprint density at radius 2 is 1.57 bits per heavy atom. The zero-order chi connectivity index (χ0) is 22.5. The van der Waals surface area contributed by atoms with Gasteiger partial charge in [-0.05, 0) is 43.3 Å². The van der Waals surface area contributed by atoms with Crippen molar-refractivity contribution in [2.24, 2.45) is 0 Å². The molecule has 0 spiro atoms. The fourth-order valence-electron chi connectivity index (χ4n) is 2.38. The van der Waals surface area contributed by atoms with Crippen molar-refractivity contribution in [1.29, 1.82) is 0 Å². The van der Waals surface area contributed by atoms with E-state index in [-0.39, 0.29) is 21.0 Å². The van der Waals surface area contributed by atoms with E-state index in [1.54, 1.807) is 6.07 Å². The molecule has 0 aliphatic heterocycles. The van der Waals surface area contributed by atoms with Gasteiger partial charge in [0.15, 0.2) is 11.5 Å². The number of hydrogen-bond donors (Lipinski definition) is 2. The number of nitrogens with one attached hydrogen (secondary N) is 2. The standard InChI is InChI=1S/C19H22ClN3O6S/c1-5-29-15-9-7-12(10-16(15)28-4)18(24)21-22-19(25)13-6-8-14(20)17(11-13)30(26,27)23(2)3/h6-11H,5H2,1-4H3,(H,21,24)(H,22,25). The maximum Gasteiger partial charge on any atom is 0.269 e. The Hall–Kier alpha value is -2.82. The number of sulfonamides is 1. The molecule has 0 heterocycles. The van der Waals surface area contributed by atoms with Gasteiger partial charge in [-0.15, -0.1) is 0 Å². The van der Waals surface area contributed by atoms with Crippen molar-refractivity contribution in [2.75, 3.05) is 27.8 Å². The molecular formula is C19H22ClN3O6S. The van der Waals surface area contributed by atoms with Gasteiger partial charge in [0.25, 0.3) is 11.8 Å². The molecule has 9 nitrogen and oxygen atoms in total. The van der Waals surface area contributed by atoms with E-state index in [0.29, 0.717) is 18.1 Å². The van der Waals surface area contributed by atoms with E-state index >= 15 is 0 Å². The van der Waals surface area contributed by atoms with Crippen LogP contribution < -0.4 is 20.3 Å². The lowest BCUT2D eigenvalue weighted by Gasteiger charge is -2.14. The van der Waals surface area contributed by atoms with Gasteiger partial charge in [0.05, 0.1) is 18.7 Å². The summed E-state index contributed by atoms with van der Waals surface area (Å²) in [6, 6.07) is 8.34. The fraction of sp³-hybridized carbons (Fsp3) is 0.263. The number of amides is 2. The molecule has 2 rings (SSSR count). The first-order chi connectivity index (χ1) is 14.1. The summed E-state index contributed by atoms with van der Waals surface area (Å²) in [5, 5.41) is -0.0224. The molecule has 0 aliphatic rings. The first kappa shape index (κ1) is 23.5. The van der Waals surface area contributed by atoms with Crippen LogP contribution in [-0.4, -0.2) is 52.3 Å². The highest BCUT2D eigenvalue weighted by atomic mass is 35.5. The minimum absolute atomic E-state index is 0.00407. The highest BCUT2D eigenvalue weighted by Gasteiger charge is 2.22. The number of methoxy groups -OCH3 is 1. The zero-order valence-corrected chi connectivity index (χ0v) is 18.4. The van der Waals surface area contributed by atoms with Gasteiger partial charge in [-0.25, -0.2) is 12.7 Å². The molecule has 2 aromatic carbocycles. The van der Waals surface area contributed by atoms with Crippen LogP contribution >= 0.6 is 11.6 Å². The number of hydrazine groups is 1. The summed E-state index contributed by atoms with van der Waals surface area (Å²) < 4.78 is 36.2. The summed E-state index contributed by atoms with van der Waals surface area (Å²) in [6.45, 7) is 2.26. The van der Waals surface area contributed by atoms with E-state index in [1.807, 2.05) is 6.92 Å². The van der Waals surface area contributed by atoms with Crippen molar-refractivity contribution < 1.29 is 27.5 Å². The number of hydrogen-bond acceptors (Lipinski definition) is 6. The summed E-state index contributed by atoms with van der Waals surface area (Å²) in [6.07, 6.45) is 0. The molecule has 11 heteroatoms. The number of halogens is 1. The van der Waals surface area contributed by atoms with Crippen molar-refractivity contribution in [3.05, 3.63) is 52.5 Å². The first-order valence-electron chi connectivity index (χ1n) is 8.75. The van der Waals surface area contributed by atoms with Gasteiger partial charge in [-0.2, -0.15) is 0 Å². The lowest BCUT2D eigenvalue weighted by molar-refractivity contribution is 0.0846. The van der Waals surface area contributed by atoms with Crippen LogP contribution in [0.3, 0.4) is 0 Å². The molecule has 0 radical (unpaired) electrons. The Morgan fingerprint density at radius 1 is 1.00 bits per heavy atom. The topological polar surface area (TPSA) is 114 Å². The Balaban J connectivity index is 2.15. The number of carbonyl (C=O) groups is 2. The third kappa shape index (κ3) is 5.21. The average Bonchev–Trinajstić information content (AvgIpc) is 2.72. The molecule has 0 saturated heterocycles. The Morgan fingerprint density at radius 3 is 2.10 bits per heavy atom. The molecule has 0 fully saturated rings. The maximum atomic E-state index is 12.4. The van der Waals surface area contributed by atoms with Crippen LogP contribution in [0, 0.1) is 0 Å². The number of benzene rings is 2. The fourth-order valence-corrected chi connectivity index (χ4v) is 3.77. The monoisotopic (exact) mass is 455 g/mol. The third-order valence-corrected chi connectivity index (χ3v) is 6.26. The quantitative estimate of drug-likeness (QED) is 0.618. The number of rotatable bonds is 7. The van der Waals surface area contributed by atoms with E-state index in [0.717, 1.165) is 10.4 Å². The summed E-state index contributed by atoms with van der Waals surface area (Å²) in [5.74, 6) is -0.462. The van der Waals surface area contributed by atoms with Gasteiger partial charge in [0, 0.05) is 25.2 Å². The van der Waals surface area contributed by atoms with Gasteiger partial charge >= 0.3 is 0 Å². The smallest absolute Gasteiger partial charge is 0.269 e. The molecule has 0 aromatic heterocycles. The van der Waals surface area contributed by atoms with E-state index in [4.69, 9.17) is 21.1 Å². The van der Waals surface area contributed by atoms with Crippen molar-refractivity contribution in [3.8, 4) is 11.5 Å². The average molecular weight is 456 g/mol. The minimum atomic E-state index is -3.85. The third-order valence-electron chi connectivity index (χ3n) is 3.97. The second-order valence-electron chi connectivity index (χ2n) is 6.14. The maximum absolute atomic E-state index is 12.4. The second kappa shape index (κ2) is 9.79. The lowest BCUT2D eigenvalue weighted by Crippen LogP contribution is -2.41. The van der Waals surface area contributed by atoms with Crippen molar-refractivity contribution in [3.63, 3.8) is 0 Å². The van der Waals surface area contributed by atoms with Crippen LogP contribution in [0.2, 0.25) is 5.02 Å². The summed E-state index contributed by atoms with van der Waals surface area (Å²) in [4.78, 5) is 24.5. The molecule has 2 aromatic rings. The van der Waals surface area contributed by atoms with Crippen LogP contribution in [0.5, 0.6) is 11.5 Å². The molecule has 0 saturated carbocycles. The SMILES string of the molecule is CCOc1ccc(C(=O)NNC(=O)c2ccc(Cl)c(S(=O)(=O)N(C)C)c2)cc1OC. The van der Waals surface area contributed by atoms with Crippen LogP contribution in [-0.2, 0) is 10.0 Å². The molecule has 162 valence electrons. The van der Waals surface area contributed by atoms with E-state index in [1.165, 1.54) is 45.5 Å². The van der Waals surface area contributed by atoms with E-state index in [2.05, 4.69) is 10.9 Å². The predicted octanol–water partition coefficient (Wildman–Crippen LogP) is 2.07. The predicted molar refractivity (Wildman–Crippen MR) is 111 cm³/mol. The Labute approximate surface area is 179 Å². The zero-order valence-electron chi connectivity index (χ0n) is 16.9. The van der Waals surface area contributed by atoms with Gasteiger partial charge in [0.2, 0.25) is 10.0 Å². The molecule has 30 heavy (non-hydrogen) atoms. The number of carbonyl (C=O) groups excluding carboxylic acids is 2. The molecule has 0 unspecified atom stereocenters. The van der Waals surface area contributed by atoms with Gasteiger partial charge in [-0.3, -0.25) is 20.4 Å².